The van der Waals surface area contributed by atoms with Gasteiger partial charge < -0.3 is 10.2 Å². The number of nitro benzene ring substituents is 1. The quantitative estimate of drug-likeness (QED) is 0.428. The van der Waals surface area contributed by atoms with E-state index in [1.165, 1.54) is 30.0 Å². The number of hydrogen-bond acceptors (Lipinski definition) is 5. The SMILES string of the molecule is CSc1ccc(C(=O)N2CCC(C(=O)NCc3ccc(F)cc3)CC2)cc1[N+](=O)[O-]. The maximum atomic E-state index is 12.9. The van der Waals surface area contributed by atoms with Gasteiger partial charge in [-0.25, -0.2) is 4.39 Å². The fraction of sp³-hybridized carbons (Fsp3) is 0.333. The van der Waals surface area contributed by atoms with Crippen LogP contribution in [0.4, 0.5) is 10.1 Å². The number of benzene rings is 2. The summed E-state index contributed by atoms with van der Waals surface area (Å²) in [6, 6.07) is 10.4. The highest BCUT2D eigenvalue weighted by Gasteiger charge is 2.28. The number of nitrogens with zero attached hydrogens (tertiary/aromatic N) is 2. The van der Waals surface area contributed by atoms with Gasteiger partial charge in [-0.3, -0.25) is 19.7 Å². The molecule has 1 N–H and O–H groups in total. The molecule has 0 atom stereocenters. The van der Waals surface area contributed by atoms with E-state index in [9.17, 15) is 24.1 Å². The molecule has 7 nitrogen and oxygen atoms in total. The Labute approximate surface area is 177 Å². The molecule has 30 heavy (non-hydrogen) atoms. The van der Waals surface area contributed by atoms with Crippen LogP contribution in [0.1, 0.15) is 28.8 Å². The zero-order valence-corrected chi connectivity index (χ0v) is 17.3. The third-order valence-electron chi connectivity index (χ3n) is 5.16. The predicted octanol–water partition coefficient (Wildman–Crippen LogP) is 3.62. The van der Waals surface area contributed by atoms with E-state index in [-0.39, 0.29) is 34.8 Å². The van der Waals surface area contributed by atoms with Crippen molar-refractivity contribution in [2.75, 3.05) is 19.3 Å². The number of rotatable bonds is 6. The maximum absolute atomic E-state index is 12.9. The minimum Gasteiger partial charge on any atom is -0.352 e. The van der Waals surface area contributed by atoms with Crippen molar-refractivity contribution in [2.45, 2.75) is 24.3 Å². The summed E-state index contributed by atoms with van der Waals surface area (Å²) in [6.07, 6.45) is 2.79. The first-order valence-corrected chi connectivity index (χ1v) is 10.8. The van der Waals surface area contributed by atoms with E-state index in [2.05, 4.69) is 5.32 Å². The molecule has 1 aliphatic heterocycles. The van der Waals surface area contributed by atoms with Crippen molar-refractivity contribution in [2.24, 2.45) is 5.92 Å². The largest absolute Gasteiger partial charge is 0.352 e. The lowest BCUT2D eigenvalue weighted by molar-refractivity contribution is -0.387. The highest BCUT2D eigenvalue weighted by Crippen LogP contribution is 2.29. The molecule has 1 aliphatic rings. The Morgan fingerprint density at radius 1 is 1.20 bits per heavy atom. The van der Waals surface area contributed by atoms with Crippen LogP contribution in [-0.4, -0.2) is 41.0 Å². The van der Waals surface area contributed by atoms with Gasteiger partial charge in [0.25, 0.3) is 11.6 Å². The van der Waals surface area contributed by atoms with Crippen LogP contribution in [0, 0.1) is 21.8 Å². The molecule has 0 radical (unpaired) electrons. The van der Waals surface area contributed by atoms with Gasteiger partial charge in [-0.1, -0.05) is 12.1 Å². The van der Waals surface area contributed by atoms with Gasteiger partial charge in [0.15, 0.2) is 0 Å². The third-order valence-corrected chi connectivity index (χ3v) is 5.94. The second kappa shape index (κ2) is 9.71. The molecule has 0 saturated carbocycles. The summed E-state index contributed by atoms with van der Waals surface area (Å²) in [5.41, 5.74) is 1.01. The van der Waals surface area contributed by atoms with Crippen molar-refractivity contribution >= 4 is 29.3 Å². The molecule has 0 bridgehead atoms. The molecule has 2 aromatic rings. The summed E-state index contributed by atoms with van der Waals surface area (Å²) in [7, 11) is 0. The normalized spacial score (nSPS) is 14.4. The lowest BCUT2D eigenvalue weighted by atomic mass is 9.95. The van der Waals surface area contributed by atoms with E-state index in [1.807, 2.05) is 0 Å². The average molecular weight is 431 g/mol. The second-order valence-corrected chi connectivity index (χ2v) is 7.90. The van der Waals surface area contributed by atoms with Crippen molar-refractivity contribution < 1.29 is 18.9 Å². The first kappa shape index (κ1) is 21.8. The number of carbonyl (C=O) groups is 2. The first-order valence-electron chi connectivity index (χ1n) is 9.53. The zero-order chi connectivity index (χ0) is 21.7. The Hall–Kier alpha value is -2.94. The number of amides is 2. The number of hydrogen-bond donors (Lipinski definition) is 1. The fourth-order valence-electron chi connectivity index (χ4n) is 3.43. The number of piperidine rings is 1. The zero-order valence-electron chi connectivity index (χ0n) is 16.5. The van der Waals surface area contributed by atoms with Crippen LogP contribution in [0.25, 0.3) is 0 Å². The van der Waals surface area contributed by atoms with E-state index in [0.717, 1.165) is 5.56 Å². The first-order chi connectivity index (χ1) is 14.4. The second-order valence-electron chi connectivity index (χ2n) is 7.05. The Bertz CT molecular complexity index is 944. The summed E-state index contributed by atoms with van der Waals surface area (Å²) >= 11 is 1.26. The molecule has 9 heteroatoms. The fourth-order valence-corrected chi connectivity index (χ4v) is 3.98. The number of nitro groups is 1. The van der Waals surface area contributed by atoms with Crippen LogP contribution in [-0.2, 0) is 11.3 Å². The average Bonchev–Trinajstić information content (AvgIpc) is 2.77. The monoisotopic (exact) mass is 431 g/mol. The van der Waals surface area contributed by atoms with E-state index in [1.54, 1.807) is 35.4 Å². The molecule has 158 valence electrons. The number of carbonyl (C=O) groups excluding carboxylic acids is 2. The lowest BCUT2D eigenvalue weighted by Gasteiger charge is -2.31. The number of likely N-dealkylation sites (tertiary alicyclic amines) is 1. The van der Waals surface area contributed by atoms with Crippen LogP contribution >= 0.6 is 11.8 Å². The molecule has 0 spiro atoms. The third kappa shape index (κ3) is 5.15. The Kier molecular flexibility index (Phi) is 7.04. The highest BCUT2D eigenvalue weighted by molar-refractivity contribution is 7.98. The van der Waals surface area contributed by atoms with E-state index in [4.69, 9.17) is 0 Å². The van der Waals surface area contributed by atoms with Crippen LogP contribution in [0.5, 0.6) is 0 Å². The minimum atomic E-state index is -0.486. The van der Waals surface area contributed by atoms with Gasteiger partial charge in [-0.15, -0.1) is 11.8 Å². The van der Waals surface area contributed by atoms with Crippen LogP contribution in [0.15, 0.2) is 47.4 Å². The summed E-state index contributed by atoms with van der Waals surface area (Å²) in [5.74, 6) is -0.888. The summed E-state index contributed by atoms with van der Waals surface area (Å²) in [4.78, 5) is 38.0. The van der Waals surface area contributed by atoms with Crippen LogP contribution in [0.2, 0.25) is 0 Å². The molecule has 0 unspecified atom stereocenters. The van der Waals surface area contributed by atoms with Crippen molar-refractivity contribution in [3.8, 4) is 0 Å². The van der Waals surface area contributed by atoms with E-state index >= 15 is 0 Å². The number of thioether (sulfide) groups is 1. The van der Waals surface area contributed by atoms with Gasteiger partial charge in [0.05, 0.1) is 9.82 Å². The standard InChI is InChI=1S/C21H22FN3O4S/c1-30-19-7-4-16(12-18(19)25(28)29)21(27)24-10-8-15(9-11-24)20(26)23-13-14-2-5-17(22)6-3-14/h2-7,12,15H,8-11,13H2,1H3,(H,23,26). The van der Waals surface area contributed by atoms with Gasteiger partial charge in [0.1, 0.15) is 5.82 Å². The Balaban J connectivity index is 1.55. The van der Waals surface area contributed by atoms with Crippen molar-refractivity contribution in [3.63, 3.8) is 0 Å². The highest BCUT2D eigenvalue weighted by atomic mass is 32.2. The van der Waals surface area contributed by atoms with Crippen LogP contribution < -0.4 is 5.32 Å². The van der Waals surface area contributed by atoms with E-state index < -0.39 is 4.92 Å². The maximum Gasteiger partial charge on any atom is 0.283 e. The summed E-state index contributed by atoms with van der Waals surface area (Å²) < 4.78 is 12.9. The van der Waals surface area contributed by atoms with Gasteiger partial charge in [0.2, 0.25) is 5.91 Å². The summed E-state index contributed by atoms with van der Waals surface area (Å²) in [6.45, 7) is 1.14. The van der Waals surface area contributed by atoms with Gasteiger partial charge in [-0.05, 0) is 48.9 Å². The van der Waals surface area contributed by atoms with E-state index in [0.29, 0.717) is 37.4 Å². The molecule has 0 aromatic heterocycles. The van der Waals surface area contributed by atoms with Gasteiger partial charge in [0, 0.05) is 37.2 Å². The summed E-state index contributed by atoms with van der Waals surface area (Å²) in [5, 5.41) is 14.1. The molecule has 3 rings (SSSR count). The molecule has 2 amide bonds. The Morgan fingerprint density at radius 3 is 2.47 bits per heavy atom. The van der Waals surface area contributed by atoms with Gasteiger partial charge >= 0.3 is 0 Å². The predicted molar refractivity (Wildman–Crippen MR) is 112 cm³/mol. The molecule has 1 heterocycles. The topological polar surface area (TPSA) is 92.6 Å². The van der Waals surface area contributed by atoms with Crippen LogP contribution in [0.3, 0.4) is 0 Å². The number of nitrogens with one attached hydrogen (secondary N) is 1. The van der Waals surface area contributed by atoms with Crippen molar-refractivity contribution in [3.05, 3.63) is 69.5 Å². The molecule has 2 aromatic carbocycles. The lowest BCUT2D eigenvalue weighted by Crippen LogP contribution is -2.42. The molecule has 1 fully saturated rings. The van der Waals surface area contributed by atoms with Gasteiger partial charge in [-0.2, -0.15) is 0 Å². The number of halogens is 1. The Morgan fingerprint density at radius 2 is 1.87 bits per heavy atom. The molecule has 0 aliphatic carbocycles. The molecule has 1 saturated heterocycles. The molecular weight excluding hydrogens is 409 g/mol. The van der Waals surface area contributed by atoms with Crippen molar-refractivity contribution in [1.29, 1.82) is 0 Å². The van der Waals surface area contributed by atoms with Crippen molar-refractivity contribution in [1.82, 2.24) is 10.2 Å². The minimum absolute atomic E-state index is 0.0802. The smallest absolute Gasteiger partial charge is 0.283 e. The molecular formula is C21H22FN3O4S.